The number of hydrogen-bond acceptors (Lipinski definition) is 2. The molecule has 0 N–H and O–H groups in total. The van der Waals surface area contributed by atoms with Crippen molar-refractivity contribution in [2.24, 2.45) is 0 Å². The lowest BCUT2D eigenvalue weighted by atomic mass is 10.1. The van der Waals surface area contributed by atoms with Gasteiger partial charge in [-0.25, -0.2) is 0 Å². The molecule has 0 aromatic heterocycles. The van der Waals surface area contributed by atoms with Gasteiger partial charge in [0.1, 0.15) is 0 Å². The third kappa shape index (κ3) is 3.12. The third-order valence-corrected chi connectivity index (χ3v) is 4.96. The van der Waals surface area contributed by atoms with Gasteiger partial charge in [-0.2, -0.15) is 0 Å². The summed E-state index contributed by atoms with van der Waals surface area (Å²) in [5.41, 5.74) is 2.60. The molecule has 0 unspecified atom stereocenters. The van der Waals surface area contributed by atoms with Crippen LogP contribution in [0.4, 0.5) is 5.69 Å². The Kier molecular flexibility index (Phi) is 4.78. The first-order valence-electron chi connectivity index (χ1n) is 7.58. The maximum Gasteiger partial charge on any atom is 0.316 e. The average molecular weight is 363 g/mol. The van der Waals surface area contributed by atoms with Crippen LogP contribution in [0.2, 0.25) is 10.0 Å². The second kappa shape index (κ2) is 6.83. The monoisotopic (exact) mass is 362 g/mol. The number of halogens is 2. The lowest BCUT2D eigenvalue weighted by Crippen LogP contribution is -2.54. The number of amides is 2. The fraction of sp³-hybridized carbons (Fsp3) is 0.222. The molecule has 6 heteroatoms. The van der Waals surface area contributed by atoms with Crippen molar-refractivity contribution in [1.29, 1.82) is 0 Å². The highest BCUT2D eigenvalue weighted by molar-refractivity contribution is 6.46. The molecule has 0 radical (unpaired) electrons. The molecule has 0 bridgehead atoms. The Labute approximate surface area is 150 Å². The van der Waals surface area contributed by atoms with E-state index in [1.165, 1.54) is 4.90 Å². The highest BCUT2D eigenvalue weighted by Crippen LogP contribution is 2.33. The zero-order valence-corrected chi connectivity index (χ0v) is 14.6. The van der Waals surface area contributed by atoms with Gasteiger partial charge in [0.15, 0.2) is 0 Å². The lowest BCUT2D eigenvalue weighted by Gasteiger charge is -2.34. The summed E-state index contributed by atoms with van der Waals surface area (Å²) in [6, 6.07) is 12.9. The van der Waals surface area contributed by atoms with Crippen LogP contribution in [0.5, 0.6) is 0 Å². The number of nitrogens with zero attached hydrogens (tertiary/aromatic N) is 2. The van der Waals surface area contributed by atoms with Crippen molar-refractivity contribution in [3.05, 3.63) is 63.6 Å². The fourth-order valence-electron chi connectivity index (χ4n) is 2.75. The molecule has 4 nitrogen and oxygen atoms in total. The number of benzene rings is 2. The molecule has 2 aromatic carbocycles. The molecule has 1 fully saturated rings. The highest BCUT2D eigenvalue weighted by atomic mass is 35.5. The second-order valence-corrected chi connectivity index (χ2v) is 6.47. The minimum absolute atomic E-state index is 0.285. The van der Waals surface area contributed by atoms with E-state index in [-0.39, 0.29) is 5.02 Å². The third-order valence-electron chi connectivity index (χ3n) is 4.15. The van der Waals surface area contributed by atoms with Gasteiger partial charge in [0.05, 0.1) is 15.7 Å². The first-order valence-corrected chi connectivity index (χ1v) is 8.34. The van der Waals surface area contributed by atoms with Gasteiger partial charge in [-0.1, -0.05) is 53.5 Å². The van der Waals surface area contributed by atoms with Crippen LogP contribution in [-0.4, -0.2) is 29.8 Å². The SMILES string of the molecule is Cc1ccccc1CN1CCN(c2cccc(Cl)c2Cl)C(=O)C1=O. The predicted octanol–water partition coefficient (Wildman–Crippen LogP) is 3.68. The van der Waals surface area contributed by atoms with Crippen LogP contribution in [0.25, 0.3) is 0 Å². The quantitative estimate of drug-likeness (QED) is 0.781. The number of anilines is 1. The Hall–Kier alpha value is -2.04. The molecule has 2 aromatic rings. The minimum Gasteiger partial charge on any atom is -0.328 e. The minimum atomic E-state index is -0.584. The van der Waals surface area contributed by atoms with Gasteiger partial charge in [-0.3, -0.25) is 9.59 Å². The Balaban J connectivity index is 1.80. The van der Waals surface area contributed by atoms with Crippen molar-refractivity contribution in [1.82, 2.24) is 4.90 Å². The standard InChI is InChI=1S/C18H16Cl2N2O2/c1-12-5-2-3-6-13(12)11-21-9-10-22(18(24)17(21)23)15-8-4-7-14(19)16(15)20/h2-8H,9-11H2,1H3. The molecule has 0 atom stereocenters. The molecule has 1 saturated heterocycles. The first kappa shape index (κ1) is 16.8. The normalized spacial score (nSPS) is 15.1. The van der Waals surface area contributed by atoms with Crippen LogP contribution >= 0.6 is 23.2 Å². The van der Waals surface area contributed by atoms with E-state index in [1.54, 1.807) is 23.1 Å². The lowest BCUT2D eigenvalue weighted by molar-refractivity contribution is -0.146. The van der Waals surface area contributed by atoms with E-state index in [1.807, 2.05) is 31.2 Å². The Morgan fingerprint density at radius 1 is 0.958 bits per heavy atom. The van der Waals surface area contributed by atoms with Gasteiger partial charge >= 0.3 is 11.8 Å². The van der Waals surface area contributed by atoms with Crippen LogP contribution in [0, 0.1) is 6.92 Å². The highest BCUT2D eigenvalue weighted by Gasteiger charge is 2.34. The number of aryl methyl sites for hydroxylation is 1. The van der Waals surface area contributed by atoms with E-state index < -0.39 is 11.8 Å². The number of hydrogen-bond donors (Lipinski definition) is 0. The van der Waals surface area contributed by atoms with Crippen molar-refractivity contribution >= 4 is 40.7 Å². The van der Waals surface area contributed by atoms with E-state index in [0.717, 1.165) is 11.1 Å². The summed E-state index contributed by atoms with van der Waals surface area (Å²) in [7, 11) is 0. The number of carbonyl (C=O) groups is 2. The van der Waals surface area contributed by atoms with Gasteiger partial charge < -0.3 is 9.80 Å². The van der Waals surface area contributed by atoms with E-state index in [9.17, 15) is 9.59 Å². The van der Waals surface area contributed by atoms with Crippen LogP contribution in [0.15, 0.2) is 42.5 Å². The van der Waals surface area contributed by atoms with Crippen LogP contribution < -0.4 is 4.90 Å². The summed E-state index contributed by atoms with van der Waals surface area (Å²) in [4.78, 5) is 28.0. The van der Waals surface area contributed by atoms with Crippen molar-refractivity contribution < 1.29 is 9.59 Å². The summed E-state index contributed by atoms with van der Waals surface area (Å²) in [5, 5.41) is 0.643. The smallest absolute Gasteiger partial charge is 0.316 e. The van der Waals surface area contributed by atoms with E-state index >= 15 is 0 Å². The summed E-state index contributed by atoms with van der Waals surface area (Å²) in [6.45, 7) is 3.25. The molecule has 0 spiro atoms. The molecule has 2 amide bonds. The molecule has 0 saturated carbocycles. The average Bonchev–Trinajstić information content (AvgIpc) is 2.57. The molecular formula is C18H16Cl2N2O2. The van der Waals surface area contributed by atoms with Crippen molar-refractivity contribution in [2.45, 2.75) is 13.5 Å². The fourth-order valence-corrected chi connectivity index (χ4v) is 3.15. The topological polar surface area (TPSA) is 40.6 Å². The van der Waals surface area contributed by atoms with Crippen molar-refractivity contribution in [2.75, 3.05) is 18.0 Å². The predicted molar refractivity (Wildman–Crippen MR) is 95.4 cm³/mol. The summed E-state index contributed by atoms with van der Waals surface area (Å²) in [5.74, 6) is -1.11. The molecule has 1 aliphatic heterocycles. The zero-order valence-electron chi connectivity index (χ0n) is 13.1. The molecule has 1 aliphatic rings. The van der Waals surface area contributed by atoms with E-state index in [4.69, 9.17) is 23.2 Å². The zero-order chi connectivity index (χ0) is 17.3. The summed E-state index contributed by atoms with van der Waals surface area (Å²) in [6.07, 6.45) is 0. The number of piperazine rings is 1. The summed E-state index contributed by atoms with van der Waals surface area (Å²) < 4.78 is 0. The van der Waals surface area contributed by atoms with Gasteiger partial charge in [0, 0.05) is 19.6 Å². The van der Waals surface area contributed by atoms with Gasteiger partial charge in [0.25, 0.3) is 0 Å². The molecule has 124 valence electrons. The molecule has 24 heavy (non-hydrogen) atoms. The maximum absolute atomic E-state index is 12.5. The Morgan fingerprint density at radius 2 is 1.71 bits per heavy atom. The van der Waals surface area contributed by atoms with Gasteiger partial charge in [0.2, 0.25) is 0 Å². The van der Waals surface area contributed by atoms with Gasteiger partial charge in [-0.05, 0) is 30.2 Å². The number of rotatable bonds is 3. The molecular weight excluding hydrogens is 347 g/mol. The molecule has 3 rings (SSSR count). The molecule has 0 aliphatic carbocycles. The Morgan fingerprint density at radius 3 is 2.46 bits per heavy atom. The summed E-state index contributed by atoms with van der Waals surface area (Å²) >= 11 is 12.2. The van der Waals surface area contributed by atoms with Gasteiger partial charge in [-0.15, -0.1) is 0 Å². The molecule has 1 heterocycles. The maximum atomic E-state index is 12.5. The van der Waals surface area contributed by atoms with Crippen molar-refractivity contribution in [3.8, 4) is 0 Å². The van der Waals surface area contributed by atoms with E-state index in [2.05, 4.69) is 0 Å². The van der Waals surface area contributed by atoms with E-state index in [0.29, 0.717) is 30.3 Å². The van der Waals surface area contributed by atoms with Crippen molar-refractivity contribution in [3.63, 3.8) is 0 Å². The number of carbonyl (C=O) groups excluding carboxylic acids is 2. The second-order valence-electron chi connectivity index (χ2n) is 5.68. The Bertz CT molecular complexity index is 807. The first-order chi connectivity index (χ1) is 11.5. The van der Waals surface area contributed by atoms with Crippen LogP contribution in [-0.2, 0) is 16.1 Å². The van der Waals surface area contributed by atoms with Crippen LogP contribution in [0.3, 0.4) is 0 Å². The van der Waals surface area contributed by atoms with Crippen LogP contribution in [0.1, 0.15) is 11.1 Å². The largest absolute Gasteiger partial charge is 0.328 e.